The van der Waals surface area contributed by atoms with Gasteiger partial charge in [0.05, 0.1) is 24.2 Å². The highest BCUT2D eigenvalue weighted by molar-refractivity contribution is 5.88. The van der Waals surface area contributed by atoms with Gasteiger partial charge in [-0.3, -0.25) is 0 Å². The zero-order valence-corrected chi connectivity index (χ0v) is 18.4. The first-order valence-electron chi connectivity index (χ1n) is 10.5. The summed E-state index contributed by atoms with van der Waals surface area (Å²) in [7, 11) is 1.65. The summed E-state index contributed by atoms with van der Waals surface area (Å²) in [5.74, 6) is 7.12. The third-order valence-electron chi connectivity index (χ3n) is 6.09. The number of benzene rings is 2. The van der Waals surface area contributed by atoms with E-state index < -0.39 is 5.97 Å². The second-order valence-corrected chi connectivity index (χ2v) is 8.28. The van der Waals surface area contributed by atoms with E-state index in [1.807, 2.05) is 24.3 Å². The normalized spacial score (nSPS) is 22.5. The van der Waals surface area contributed by atoms with Gasteiger partial charge in [-0.15, -0.1) is 12.4 Å². The minimum Gasteiger partial charge on any atom is -0.493 e. The van der Waals surface area contributed by atoms with Crippen molar-refractivity contribution in [1.82, 2.24) is 0 Å². The Labute approximate surface area is 189 Å². The van der Waals surface area contributed by atoms with Crippen molar-refractivity contribution in [2.24, 2.45) is 5.73 Å². The van der Waals surface area contributed by atoms with Crippen molar-refractivity contribution in [2.75, 3.05) is 7.11 Å². The molecule has 0 radical (unpaired) electrons. The van der Waals surface area contributed by atoms with E-state index in [0.717, 1.165) is 42.7 Å². The molecule has 0 aliphatic heterocycles. The molecule has 3 N–H and O–H groups in total. The Morgan fingerprint density at radius 1 is 1.13 bits per heavy atom. The highest BCUT2D eigenvalue weighted by Crippen LogP contribution is 2.45. The molecule has 0 bridgehead atoms. The molecule has 0 spiro atoms. The lowest BCUT2D eigenvalue weighted by molar-refractivity contribution is 0.0697. The summed E-state index contributed by atoms with van der Waals surface area (Å²) in [6, 6.07) is 12.8. The van der Waals surface area contributed by atoms with E-state index in [1.165, 1.54) is 12.8 Å². The van der Waals surface area contributed by atoms with Crippen molar-refractivity contribution in [3.05, 3.63) is 59.2 Å². The van der Waals surface area contributed by atoms with E-state index >= 15 is 0 Å². The zero-order valence-electron chi connectivity index (χ0n) is 17.6. The van der Waals surface area contributed by atoms with Crippen LogP contribution in [-0.4, -0.2) is 30.3 Å². The maximum atomic E-state index is 11.2. The van der Waals surface area contributed by atoms with Crippen molar-refractivity contribution in [3.63, 3.8) is 0 Å². The number of methoxy groups -OCH3 is 1. The van der Waals surface area contributed by atoms with Gasteiger partial charge in [0, 0.05) is 11.6 Å². The molecule has 0 atom stereocenters. The van der Waals surface area contributed by atoms with Crippen LogP contribution in [0.2, 0.25) is 0 Å². The van der Waals surface area contributed by atoms with Crippen LogP contribution in [0.5, 0.6) is 11.5 Å². The quantitative estimate of drug-likeness (QED) is 0.665. The van der Waals surface area contributed by atoms with E-state index in [0.29, 0.717) is 5.56 Å². The molecule has 164 valence electrons. The third-order valence-corrected chi connectivity index (χ3v) is 6.09. The molecule has 2 aliphatic rings. The Morgan fingerprint density at radius 3 is 2.52 bits per heavy atom. The van der Waals surface area contributed by atoms with Gasteiger partial charge in [0.1, 0.15) is 0 Å². The summed E-state index contributed by atoms with van der Waals surface area (Å²) in [5.41, 5.74) is 7.78. The maximum absolute atomic E-state index is 11.2. The molecule has 5 nitrogen and oxygen atoms in total. The van der Waals surface area contributed by atoms with Crippen molar-refractivity contribution >= 4 is 18.4 Å². The van der Waals surface area contributed by atoms with Crippen LogP contribution in [0.1, 0.15) is 60.0 Å². The fraction of sp³-hybridized carbons (Fsp3) is 0.400. The average molecular weight is 442 g/mol. The Morgan fingerprint density at radius 2 is 1.87 bits per heavy atom. The number of rotatable bonds is 5. The van der Waals surface area contributed by atoms with E-state index in [4.69, 9.17) is 15.2 Å². The average Bonchev–Trinajstić information content (AvgIpc) is 3.23. The minimum absolute atomic E-state index is 0. The third kappa shape index (κ3) is 4.98. The molecule has 2 saturated carbocycles. The molecule has 0 saturated heterocycles. The molecule has 0 aromatic heterocycles. The molecule has 2 fully saturated rings. The first-order valence-corrected chi connectivity index (χ1v) is 10.5. The molecule has 0 amide bonds. The minimum atomic E-state index is -0.956. The molecular weight excluding hydrogens is 414 g/mol. The highest BCUT2D eigenvalue weighted by Gasteiger charge is 2.43. The second-order valence-electron chi connectivity index (χ2n) is 8.28. The van der Waals surface area contributed by atoms with E-state index in [9.17, 15) is 9.90 Å². The van der Waals surface area contributed by atoms with Crippen LogP contribution < -0.4 is 15.2 Å². The lowest BCUT2D eigenvalue weighted by Crippen LogP contribution is -2.48. The summed E-state index contributed by atoms with van der Waals surface area (Å²) in [4.78, 5) is 11.2. The topological polar surface area (TPSA) is 81.8 Å². The number of hydrogen-bond acceptors (Lipinski definition) is 4. The monoisotopic (exact) mass is 441 g/mol. The number of carboxylic acids is 1. The molecule has 31 heavy (non-hydrogen) atoms. The molecule has 2 aromatic carbocycles. The first-order chi connectivity index (χ1) is 14.5. The number of aromatic carboxylic acids is 1. The predicted molar refractivity (Wildman–Crippen MR) is 122 cm³/mol. The predicted octanol–water partition coefficient (Wildman–Crippen LogP) is 4.55. The van der Waals surface area contributed by atoms with Gasteiger partial charge in [-0.05, 0) is 74.4 Å². The van der Waals surface area contributed by atoms with Crippen LogP contribution in [0.3, 0.4) is 0 Å². The van der Waals surface area contributed by atoms with E-state index in [2.05, 4.69) is 11.8 Å². The van der Waals surface area contributed by atoms with Crippen molar-refractivity contribution < 1.29 is 19.4 Å². The van der Waals surface area contributed by atoms with Crippen LogP contribution in [0, 0.1) is 11.8 Å². The highest BCUT2D eigenvalue weighted by atomic mass is 35.5. The fourth-order valence-electron chi connectivity index (χ4n) is 4.42. The van der Waals surface area contributed by atoms with Gasteiger partial charge in [0.2, 0.25) is 0 Å². The molecule has 6 heteroatoms. The lowest BCUT2D eigenvalue weighted by Gasteiger charge is -2.43. The molecular formula is C25H28ClNO4. The molecule has 0 unspecified atom stereocenters. The summed E-state index contributed by atoms with van der Waals surface area (Å²) >= 11 is 0. The van der Waals surface area contributed by atoms with Gasteiger partial charge < -0.3 is 20.3 Å². The standard InChI is InChI=1S/C25H27NO4.ClH/c1-29-22-10-9-19(14-23(22)30-21-7-2-3-8-21)25(15-20(26)16-25)12-11-17-5-4-6-18(13-17)24(27)28;/h4-6,9-10,13-14,20-21H,2-3,7-8,15-16,26H2,1H3,(H,27,28);1H. The van der Waals surface area contributed by atoms with Crippen LogP contribution >= 0.6 is 12.4 Å². The second kappa shape index (κ2) is 9.64. The maximum Gasteiger partial charge on any atom is 0.335 e. The Balaban J connectivity index is 0.00000272. The van der Waals surface area contributed by atoms with Gasteiger partial charge in [0.25, 0.3) is 0 Å². The number of carboxylic acid groups (broad SMARTS) is 1. The Kier molecular flexibility index (Phi) is 7.15. The number of halogens is 1. The van der Waals surface area contributed by atoms with Gasteiger partial charge >= 0.3 is 5.97 Å². The molecule has 0 heterocycles. The lowest BCUT2D eigenvalue weighted by atomic mass is 9.62. The van der Waals surface area contributed by atoms with Crippen molar-refractivity contribution in [2.45, 2.75) is 56.1 Å². The Hall–Kier alpha value is -2.68. The number of nitrogens with two attached hydrogens (primary N) is 1. The largest absolute Gasteiger partial charge is 0.493 e. The van der Waals surface area contributed by atoms with Crippen molar-refractivity contribution in [1.29, 1.82) is 0 Å². The SMILES string of the molecule is COc1ccc(C2(C#Cc3cccc(C(=O)O)c3)CC(N)C2)cc1OC1CCCC1.Cl. The summed E-state index contributed by atoms with van der Waals surface area (Å²) in [5, 5.41) is 9.21. The number of ether oxygens (including phenoxy) is 2. The van der Waals surface area contributed by atoms with Crippen LogP contribution in [0.4, 0.5) is 0 Å². The zero-order chi connectivity index (χ0) is 21.1. The van der Waals surface area contributed by atoms with E-state index in [1.54, 1.807) is 25.3 Å². The summed E-state index contributed by atoms with van der Waals surface area (Å²) < 4.78 is 11.8. The summed E-state index contributed by atoms with van der Waals surface area (Å²) in [6.07, 6.45) is 6.30. The molecule has 2 aromatic rings. The smallest absolute Gasteiger partial charge is 0.335 e. The van der Waals surface area contributed by atoms with Gasteiger partial charge in [-0.25, -0.2) is 4.79 Å². The van der Waals surface area contributed by atoms with E-state index in [-0.39, 0.29) is 35.5 Å². The van der Waals surface area contributed by atoms with Crippen molar-refractivity contribution in [3.8, 4) is 23.3 Å². The fourth-order valence-corrected chi connectivity index (χ4v) is 4.42. The van der Waals surface area contributed by atoms with Crippen LogP contribution in [0.15, 0.2) is 42.5 Å². The first kappa shape index (κ1) is 23.0. The van der Waals surface area contributed by atoms with Crippen LogP contribution in [-0.2, 0) is 5.41 Å². The van der Waals surface area contributed by atoms with Crippen LogP contribution in [0.25, 0.3) is 0 Å². The number of carbonyl (C=O) groups is 1. The Bertz CT molecular complexity index is 998. The van der Waals surface area contributed by atoms with Gasteiger partial charge in [-0.1, -0.05) is 24.0 Å². The molecule has 2 aliphatic carbocycles. The number of hydrogen-bond donors (Lipinski definition) is 2. The molecule has 4 rings (SSSR count). The summed E-state index contributed by atoms with van der Waals surface area (Å²) in [6.45, 7) is 0. The van der Waals surface area contributed by atoms with Gasteiger partial charge in [-0.2, -0.15) is 0 Å². The van der Waals surface area contributed by atoms with Gasteiger partial charge in [0.15, 0.2) is 11.5 Å².